The highest BCUT2D eigenvalue weighted by Gasteiger charge is 2.10. The van der Waals surface area contributed by atoms with Gasteiger partial charge in [0.1, 0.15) is 0 Å². The third kappa shape index (κ3) is 2.10. The molecule has 1 rings (SSSR count). The predicted octanol–water partition coefficient (Wildman–Crippen LogP) is 2.08. The Labute approximate surface area is 71.2 Å². The Hall–Kier alpha value is -0.773. The smallest absolute Gasteiger partial charge is 0.158 e. The molecule has 0 heterocycles. The average Bonchev–Trinajstić information content (AvgIpc) is 1.94. The zero-order valence-electron chi connectivity index (χ0n) is 6.90. The number of rotatable bonds is 1. The molecule has 67 valence electrons. The van der Waals surface area contributed by atoms with E-state index in [1.807, 2.05) is 13.1 Å². The van der Waals surface area contributed by atoms with Crippen molar-refractivity contribution in [3.63, 3.8) is 0 Å². The Kier molecular flexibility index (Phi) is 4.02. The molecule has 0 saturated carbocycles. The summed E-state index contributed by atoms with van der Waals surface area (Å²) in [6, 6.07) is 4.34. The van der Waals surface area contributed by atoms with Gasteiger partial charge in [0.05, 0.1) is 8.80 Å². The van der Waals surface area contributed by atoms with Crippen LogP contribution in [0, 0.1) is 11.6 Å². The van der Waals surface area contributed by atoms with Crippen LogP contribution in [0.25, 0.3) is 0 Å². The molecule has 0 bridgehead atoms. The molecular weight excluding hydrogens is 181 g/mol. The molecule has 0 spiro atoms. The predicted molar refractivity (Wildman–Crippen MR) is 46.0 cm³/mol. The van der Waals surface area contributed by atoms with Crippen LogP contribution in [0.1, 0.15) is 0 Å². The van der Waals surface area contributed by atoms with Crippen LogP contribution in [-0.4, -0.2) is 8.80 Å². The lowest BCUT2D eigenvalue weighted by Gasteiger charge is -2.04. The molecule has 1 aromatic carbocycles. The van der Waals surface area contributed by atoms with Crippen molar-refractivity contribution in [2.24, 2.45) is 0 Å². The van der Waals surface area contributed by atoms with Gasteiger partial charge in [0, 0.05) is 0 Å². The first-order valence-corrected chi connectivity index (χ1v) is 5.87. The molecule has 0 unspecified atom stereocenters. The average molecular weight is 191 g/mol. The van der Waals surface area contributed by atoms with E-state index in [1.54, 1.807) is 12.1 Å². The first-order valence-electron chi connectivity index (χ1n) is 3.37. The molecule has 0 N–H and O–H groups in total. The number of hydrogen-bond acceptors (Lipinski definition) is 0. The van der Waals surface area contributed by atoms with Crippen LogP contribution in [0.15, 0.2) is 18.2 Å². The van der Waals surface area contributed by atoms with Crippen molar-refractivity contribution < 1.29 is 13.5 Å². The highest BCUT2D eigenvalue weighted by Crippen LogP contribution is 2.02. The van der Waals surface area contributed by atoms with Gasteiger partial charge in [-0.3, -0.25) is 4.70 Å². The first-order chi connectivity index (χ1) is 5.13. The van der Waals surface area contributed by atoms with Crippen molar-refractivity contribution in [3.8, 4) is 0 Å². The Balaban J connectivity index is 0.00000121. The van der Waals surface area contributed by atoms with Gasteiger partial charge in [0.25, 0.3) is 0 Å². The normalized spacial score (nSPS) is 9.75. The quantitative estimate of drug-likeness (QED) is 0.596. The largest absolute Gasteiger partial charge is 0.269 e. The van der Waals surface area contributed by atoms with Crippen molar-refractivity contribution in [2.75, 3.05) is 0 Å². The van der Waals surface area contributed by atoms with E-state index >= 15 is 0 Å². The number of halogens is 3. The van der Waals surface area contributed by atoms with E-state index in [4.69, 9.17) is 0 Å². The summed E-state index contributed by atoms with van der Waals surface area (Å²) >= 11 is 0. The minimum Gasteiger partial charge on any atom is -0.269 e. The fraction of sp³-hybridized carbons (Fsp3) is 0.250. The topological polar surface area (TPSA) is 0 Å². The molecule has 4 heteroatoms. The van der Waals surface area contributed by atoms with Crippen LogP contribution < -0.4 is 5.19 Å². The lowest BCUT2D eigenvalue weighted by Crippen LogP contribution is -2.26. The highest BCUT2D eigenvalue weighted by atomic mass is 28.3. The zero-order valence-corrected chi connectivity index (χ0v) is 7.90. The maximum Gasteiger partial charge on any atom is 0.158 e. The van der Waals surface area contributed by atoms with E-state index in [2.05, 4.69) is 0 Å². The SMILES string of the molecule is C[Si](C)c1cccc(F)c1F.F. The molecule has 0 atom stereocenters. The Bertz CT molecular complexity index is 260. The van der Waals surface area contributed by atoms with E-state index in [9.17, 15) is 8.78 Å². The van der Waals surface area contributed by atoms with Crippen molar-refractivity contribution >= 4 is 14.0 Å². The molecule has 0 aliphatic heterocycles. The summed E-state index contributed by atoms with van der Waals surface area (Å²) in [7, 11) is -0.879. The third-order valence-corrected chi connectivity index (χ3v) is 2.95. The summed E-state index contributed by atoms with van der Waals surface area (Å²) in [5.74, 6) is -1.42. The lowest BCUT2D eigenvalue weighted by atomic mass is 10.3. The molecule has 1 aromatic rings. The molecule has 0 aliphatic rings. The monoisotopic (exact) mass is 191 g/mol. The molecule has 1 radical (unpaired) electrons. The molecule has 0 aliphatic carbocycles. The molecule has 0 fully saturated rings. The van der Waals surface area contributed by atoms with Gasteiger partial charge < -0.3 is 0 Å². The van der Waals surface area contributed by atoms with E-state index in [0.29, 0.717) is 5.19 Å². The highest BCUT2D eigenvalue weighted by molar-refractivity contribution is 6.70. The van der Waals surface area contributed by atoms with Gasteiger partial charge in [0.2, 0.25) is 0 Å². The maximum atomic E-state index is 12.9. The number of benzene rings is 1. The minimum atomic E-state index is -0.879. The van der Waals surface area contributed by atoms with E-state index in [1.165, 1.54) is 0 Å². The van der Waals surface area contributed by atoms with Gasteiger partial charge in [-0.2, -0.15) is 0 Å². The van der Waals surface area contributed by atoms with E-state index in [0.717, 1.165) is 6.07 Å². The van der Waals surface area contributed by atoms with Crippen molar-refractivity contribution in [1.29, 1.82) is 0 Å². The molecule has 0 amide bonds. The van der Waals surface area contributed by atoms with E-state index in [-0.39, 0.29) is 4.70 Å². The molecule has 0 aromatic heterocycles. The second-order valence-electron chi connectivity index (χ2n) is 2.60. The van der Waals surface area contributed by atoms with Crippen LogP contribution in [-0.2, 0) is 0 Å². The summed E-state index contributed by atoms with van der Waals surface area (Å²) in [5.41, 5.74) is 0. The van der Waals surface area contributed by atoms with Gasteiger partial charge in [-0.15, -0.1) is 0 Å². The standard InChI is InChI=1S/C8H9F2Si.FH/c1-11(2)7-5-3-4-6(9)8(7)10;/h3-5H,1-2H3;1H. The Morgan fingerprint density at radius 1 is 1.17 bits per heavy atom. The maximum absolute atomic E-state index is 12.9. The van der Waals surface area contributed by atoms with Gasteiger partial charge in [-0.1, -0.05) is 25.2 Å². The zero-order chi connectivity index (χ0) is 8.43. The molecule has 0 nitrogen and oxygen atoms in total. The molecule has 12 heavy (non-hydrogen) atoms. The summed E-state index contributed by atoms with van der Waals surface area (Å²) < 4.78 is 25.5. The van der Waals surface area contributed by atoms with E-state index < -0.39 is 20.4 Å². The third-order valence-electron chi connectivity index (χ3n) is 1.49. The second-order valence-corrected chi connectivity index (χ2v) is 5.14. The summed E-state index contributed by atoms with van der Waals surface area (Å²) in [6.07, 6.45) is 0. The summed E-state index contributed by atoms with van der Waals surface area (Å²) in [5, 5.41) is 0.537. The van der Waals surface area contributed by atoms with Gasteiger partial charge >= 0.3 is 0 Å². The van der Waals surface area contributed by atoms with Crippen LogP contribution in [0.3, 0.4) is 0 Å². The lowest BCUT2D eigenvalue weighted by molar-refractivity contribution is 0.514. The Morgan fingerprint density at radius 2 is 1.75 bits per heavy atom. The van der Waals surface area contributed by atoms with Crippen LogP contribution >= 0.6 is 0 Å². The van der Waals surface area contributed by atoms with Gasteiger partial charge in [0.15, 0.2) is 11.6 Å². The van der Waals surface area contributed by atoms with Crippen LogP contribution in [0.4, 0.5) is 13.5 Å². The van der Waals surface area contributed by atoms with Gasteiger partial charge in [-0.05, 0) is 11.3 Å². The van der Waals surface area contributed by atoms with Crippen LogP contribution in [0.5, 0.6) is 0 Å². The summed E-state index contributed by atoms with van der Waals surface area (Å²) in [4.78, 5) is 0. The summed E-state index contributed by atoms with van der Waals surface area (Å²) in [6.45, 7) is 3.87. The van der Waals surface area contributed by atoms with Crippen molar-refractivity contribution in [3.05, 3.63) is 29.8 Å². The Morgan fingerprint density at radius 3 is 2.17 bits per heavy atom. The van der Waals surface area contributed by atoms with Crippen molar-refractivity contribution in [1.82, 2.24) is 0 Å². The number of hydrogen-bond donors (Lipinski definition) is 0. The van der Waals surface area contributed by atoms with Gasteiger partial charge in [-0.25, -0.2) is 8.78 Å². The molecular formula is C8H10F3Si. The van der Waals surface area contributed by atoms with Crippen molar-refractivity contribution in [2.45, 2.75) is 13.1 Å². The first kappa shape index (κ1) is 11.2. The van der Waals surface area contributed by atoms with Crippen LogP contribution in [0.2, 0.25) is 13.1 Å². The minimum absolute atomic E-state index is 0. The fourth-order valence-corrected chi connectivity index (χ4v) is 1.88. The molecule has 0 saturated heterocycles. The fourth-order valence-electron chi connectivity index (χ4n) is 0.890. The second kappa shape index (κ2) is 4.30.